The number of hydrogen-bond acceptors (Lipinski definition) is 11. The van der Waals surface area contributed by atoms with E-state index < -0.39 is 96.3 Å². The maximum absolute atomic E-state index is 13.4. The Morgan fingerprint density at radius 1 is 0.717 bits per heavy atom. The lowest BCUT2D eigenvalue weighted by Gasteiger charge is -2.26. The van der Waals surface area contributed by atoms with Crippen LogP contribution in [0.15, 0.2) is 48.5 Å². The van der Waals surface area contributed by atoms with Gasteiger partial charge in [-0.1, -0.05) is 49.7 Å². The quantitative estimate of drug-likeness (QED) is 0.0388. The van der Waals surface area contributed by atoms with Crippen LogP contribution < -0.4 is 48.7 Å². The van der Waals surface area contributed by atoms with Gasteiger partial charge in [-0.15, -0.1) is 0 Å². The van der Waals surface area contributed by atoms with Crippen molar-refractivity contribution < 1.29 is 48.3 Å². The normalized spacial score (nSPS) is 13.2. The van der Waals surface area contributed by atoms with Gasteiger partial charge in [0, 0.05) is 25.6 Å². The molecule has 0 spiro atoms. The van der Waals surface area contributed by atoms with Gasteiger partial charge in [0.25, 0.3) is 11.8 Å². The van der Waals surface area contributed by atoms with Crippen molar-refractivity contribution in [2.45, 2.75) is 102 Å². The Balaban J connectivity index is 1.99. The number of hydrogen-bond donors (Lipinski definition) is 10. The molecule has 0 aliphatic rings. The standard InChI is InChI=1S/C41H59N9O10/c1-5-6-9-26-11-13-27(14-12-26)28-15-17-29(18-16-28)37(56)45-21-19-34(54)48-30(10-7-8-20-42)39(58)50-35(25(3)51)41(60)47-24(2)36(55)49-31(22-33(43)53)38(57)46-23-32(52)40(59)44-4/h11-18,24-25,30-31,35,51H,5-10,19-23,42H2,1-4H3,(H2,43,53)(H,44,59)(H,45,56)(H,46,57)(H,47,60)(H,48,54)(H,49,55)(H,50,58)/t24-,25+,30-,31-,35-/m0/s1. The van der Waals surface area contributed by atoms with Gasteiger partial charge in [-0.3, -0.25) is 43.2 Å². The van der Waals surface area contributed by atoms with E-state index >= 15 is 0 Å². The summed E-state index contributed by atoms with van der Waals surface area (Å²) in [5, 5.41) is 26.9. The van der Waals surface area contributed by atoms with Crippen LogP contribution in [0.1, 0.15) is 81.6 Å². The second kappa shape index (κ2) is 26.0. The molecule has 0 radical (unpaired) electrons. The van der Waals surface area contributed by atoms with Crippen LogP contribution in [-0.2, 0) is 44.8 Å². The van der Waals surface area contributed by atoms with Crippen LogP contribution in [0.3, 0.4) is 0 Å². The van der Waals surface area contributed by atoms with Gasteiger partial charge in [0.15, 0.2) is 0 Å². The number of aliphatic hydroxyl groups is 1. The molecule has 0 heterocycles. The van der Waals surface area contributed by atoms with E-state index in [-0.39, 0.29) is 19.4 Å². The van der Waals surface area contributed by atoms with Crippen molar-refractivity contribution in [2.75, 3.05) is 26.7 Å². The van der Waals surface area contributed by atoms with Gasteiger partial charge in [-0.05, 0) is 81.3 Å². The number of likely N-dealkylation sites (N-methyl/N-ethyl adjacent to an activating group) is 1. The molecule has 0 aliphatic carbocycles. The molecular formula is C41H59N9O10. The molecule has 0 saturated carbocycles. The minimum atomic E-state index is -1.61. The smallest absolute Gasteiger partial charge is 0.289 e. The molecule has 0 bridgehead atoms. The second-order valence-corrected chi connectivity index (χ2v) is 14.2. The molecule has 0 unspecified atom stereocenters. The van der Waals surface area contributed by atoms with E-state index in [9.17, 15) is 48.3 Å². The number of amides is 8. The number of nitrogens with two attached hydrogens (primary N) is 2. The molecule has 8 amide bonds. The first kappa shape index (κ1) is 49.9. The lowest BCUT2D eigenvalue weighted by molar-refractivity contribution is -0.138. The number of primary amides is 1. The van der Waals surface area contributed by atoms with Gasteiger partial charge in [0.05, 0.1) is 19.1 Å². The lowest BCUT2D eigenvalue weighted by Crippen LogP contribution is -2.60. The molecule has 19 nitrogen and oxygen atoms in total. The number of ketones is 1. The summed E-state index contributed by atoms with van der Waals surface area (Å²) in [6.07, 6.45) is 1.98. The number of carbonyl (C=O) groups is 9. The third-order valence-corrected chi connectivity index (χ3v) is 9.25. The van der Waals surface area contributed by atoms with Crippen LogP contribution in [0.2, 0.25) is 0 Å². The summed E-state index contributed by atoms with van der Waals surface area (Å²) in [6, 6.07) is 9.62. The highest BCUT2D eigenvalue weighted by molar-refractivity contribution is 6.37. The summed E-state index contributed by atoms with van der Waals surface area (Å²) < 4.78 is 0. The number of rotatable bonds is 26. The van der Waals surface area contributed by atoms with Gasteiger partial charge < -0.3 is 53.8 Å². The number of nitrogens with one attached hydrogen (secondary N) is 7. The molecule has 328 valence electrons. The average Bonchev–Trinajstić information content (AvgIpc) is 3.22. The van der Waals surface area contributed by atoms with Crippen molar-refractivity contribution in [3.05, 3.63) is 59.7 Å². The van der Waals surface area contributed by atoms with E-state index in [4.69, 9.17) is 11.5 Å². The third-order valence-electron chi connectivity index (χ3n) is 9.25. The number of benzene rings is 2. The van der Waals surface area contributed by atoms with Gasteiger partial charge in [-0.25, -0.2) is 0 Å². The summed E-state index contributed by atoms with van der Waals surface area (Å²) in [6.45, 7) is 4.12. The minimum absolute atomic E-state index is 0.0441. The van der Waals surface area contributed by atoms with Crippen molar-refractivity contribution in [1.29, 1.82) is 0 Å². The Kier molecular flexibility index (Phi) is 21.6. The number of unbranched alkanes of at least 4 members (excludes halogenated alkanes) is 2. The highest BCUT2D eigenvalue weighted by Crippen LogP contribution is 2.21. The molecule has 0 saturated heterocycles. The van der Waals surface area contributed by atoms with E-state index in [2.05, 4.69) is 56.3 Å². The lowest BCUT2D eigenvalue weighted by atomic mass is 10.0. The molecule has 19 heteroatoms. The average molecular weight is 838 g/mol. The Morgan fingerprint density at radius 2 is 1.35 bits per heavy atom. The van der Waals surface area contributed by atoms with E-state index in [0.29, 0.717) is 24.9 Å². The number of aliphatic hydroxyl groups excluding tert-OH is 1. The van der Waals surface area contributed by atoms with Crippen LogP contribution in [0.25, 0.3) is 11.1 Å². The van der Waals surface area contributed by atoms with Crippen molar-refractivity contribution in [3.63, 3.8) is 0 Å². The first-order valence-corrected chi connectivity index (χ1v) is 19.9. The Bertz CT molecular complexity index is 1800. The highest BCUT2D eigenvalue weighted by Gasteiger charge is 2.32. The summed E-state index contributed by atoms with van der Waals surface area (Å²) in [5.74, 6) is -7.74. The summed E-state index contributed by atoms with van der Waals surface area (Å²) in [7, 11) is 1.21. The number of carbonyl (C=O) groups excluding carboxylic acids is 9. The van der Waals surface area contributed by atoms with Crippen molar-refractivity contribution in [1.82, 2.24) is 37.2 Å². The Labute approximate surface area is 349 Å². The molecule has 2 aromatic rings. The van der Waals surface area contributed by atoms with E-state index in [0.717, 1.165) is 30.4 Å². The van der Waals surface area contributed by atoms with Gasteiger partial charge in [-0.2, -0.15) is 0 Å². The third kappa shape index (κ3) is 17.3. The first-order valence-electron chi connectivity index (χ1n) is 19.9. The Morgan fingerprint density at radius 3 is 1.92 bits per heavy atom. The zero-order valence-corrected chi connectivity index (χ0v) is 34.6. The molecule has 12 N–H and O–H groups in total. The molecular weight excluding hydrogens is 779 g/mol. The van der Waals surface area contributed by atoms with Gasteiger partial charge in [0.1, 0.15) is 24.2 Å². The number of Topliss-reactive ketones (excluding diaryl/α,β-unsaturated/α-hetero) is 1. The molecule has 0 aliphatic heterocycles. The van der Waals surface area contributed by atoms with E-state index in [1.807, 2.05) is 24.3 Å². The minimum Gasteiger partial charge on any atom is -0.391 e. The fraction of sp³-hybridized carbons (Fsp3) is 0.488. The molecule has 5 atom stereocenters. The maximum Gasteiger partial charge on any atom is 0.289 e. The molecule has 2 aromatic carbocycles. The van der Waals surface area contributed by atoms with E-state index in [1.165, 1.54) is 26.5 Å². The van der Waals surface area contributed by atoms with Crippen molar-refractivity contribution in [2.24, 2.45) is 11.5 Å². The summed E-state index contributed by atoms with van der Waals surface area (Å²) in [4.78, 5) is 113. The molecule has 0 fully saturated rings. The van der Waals surface area contributed by atoms with Crippen molar-refractivity contribution in [3.8, 4) is 11.1 Å². The summed E-state index contributed by atoms with van der Waals surface area (Å²) >= 11 is 0. The predicted octanol–water partition coefficient (Wildman–Crippen LogP) is -1.41. The Hall–Kier alpha value is -6.21. The van der Waals surface area contributed by atoms with Crippen LogP contribution in [0, 0.1) is 0 Å². The topological polar surface area (TPSA) is 310 Å². The highest BCUT2D eigenvalue weighted by atomic mass is 16.3. The SMILES string of the molecule is CCCCc1ccc(-c2ccc(C(=O)NCCC(=O)N[C@@H](CCCCN)C(=O)N[C@H](C(=O)N[C@@H](C)C(=O)N[C@@H](CC(N)=O)C(=O)NCC(=O)C(=O)NC)[C@@H](C)O)cc2)cc1. The zero-order valence-electron chi connectivity index (χ0n) is 34.6. The molecule has 60 heavy (non-hydrogen) atoms. The fourth-order valence-corrected chi connectivity index (χ4v) is 5.72. The van der Waals surface area contributed by atoms with Crippen LogP contribution in [0.4, 0.5) is 0 Å². The fourth-order valence-electron chi connectivity index (χ4n) is 5.72. The van der Waals surface area contributed by atoms with Crippen LogP contribution in [-0.4, -0.2) is 115 Å². The molecule has 2 rings (SSSR count). The monoisotopic (exact) mass is 837 g/mol. The zero-order chi connectivity index (χ0) is 44.8. The van der Waals surface area contributed by atoms with E-state index in [1.54, 1.807) is 12.1 Å². The largest absolute Gasteiger partial charge is 0.391 e. The maximum atomic E-state index is 13.4. The first-order chi connectivity index (χ1) is 28.5. The molecule has 0 aromatic heterocycles. The predicted molar refractivity (Wildman–Crippen MR) is 221 cm³/mol. The van der Waals surface area contributed by atoms with Crippen molar-refractivity contribution >= 4 is 53.0 Å². The van der Waals surface area contributed by atoms with Crippen LogP contribution >= 0.6 is 0 Å². The summed E-state index contributed by atoms with van der Waals surface area (Å²) in [5.41, 5.74) is 14.5. The van der Waals surface area contributed by atoms with Crippen LogP contribution in [0.5, 0.6) is 0 Å². The second-order valence-electron chi connectivity index (χ2n) is 14.2. The van der Waals surface area contributed by atoms with Gasteiger partial charge >= 0.3 is 0 Å². The van der Waals surface area contributed by atoms with Gasteiger partial charge in [0.2, 0.25) is 41.2 Å². The number of aryl methyl sites for hydroxylation is 1.